The summed E-state index contributed by atoms with van der Waals surface area (Å²) in [6, 6.07) is 0. The second-order valence-corrected chi connectivity index (χ2v) is 9.47. The molecule has 0 unspecified atom stereocenters. The van der Waals surface area contributed by atoms with E-state index in [1.165, 1.54) is 0 Å². The van der Waals surface area contributed by atoms with Crippen molar-refractivity contribution in [1.29, 1.82) is 0 Å². The zero-order valence-electron chi connectivity index (χ0n) is 12.3. The largest absolute Gasteiger partial charge is 0.428 e. The quantitative estimate of drug-likeness (QED) is 0.799. The zero-order valence-corrected chi connectivity index (χ0v) is 13.9. The van der Waals surface area contributed by atoms with Crippen LogP contribution in [0.5, 0.6) is 0 Å². The predicted molar refractivity (Wildman–Crippen MR) is 76.4 cm³/mol. The molecular formula is C12H22NO4S2-. The summed E-state index contributed by atoms with van der Waals surface area (Å²) >= 11 is 0. The topological polar surface area (TPSA) is 82.4 Å². The first-order valence-electron chi connectivity index (χ1n) is 6.31. The first kappa shape index (κ1) is 16.7. The average Bonchev–Trinajstić information content (AvgIpc) is 2.43. The lowest BCUT2D eigenvalue weighted by Crippen LogP contribution is -2.24. The van der Waals surface area contributed by atoms with Crippen molar-refractivity contribution in [2.24, 2.45) is 10.8 Å². The molecule has 1 heterocycles. The molecule has 0 aromatic heterocycles. The maximum atomic E-state index is 12.2. The van der Waals surface area contributed by atoms with Crippen LogP contribution in [0.1, 0.15) is 54.4 Å². The summed E-state index contributed by atoms with van der Waals surface area (Å²) in [6.07, 6.45) is 1.05. The number of allylic oxidation sites excluding steroid dienone is 2. The van der Waals surface area contributed by atoms with Gasteiger partial charge < -0.3 is 4.13 Å². The molecule has 0 saturated heterocycles. The van der Waals surface area contributed by atoms with E-state index in [4.69, 9.17) is 0 Å². The van der Waals surface area contributed by atoms with Gasteiger partial charge in [-0.2, -0.15) is 0 Å². The lowest BCUT2D eigenvalue weighted by molar-refractivity contribution is 0.405. The van der Waals surface area contributed by atoms with E-state index in [2.05, 4.69) is 4.13 Å². The van der Waals surface area contributed by atoms with Gasteiger partial charge in [0, 0.05) is 9.81 Å². The number of rotatable bonds is 4. The lowest BCUT2D eigenvalue weighted by Gasteiger charge is -2.31. The van der Waals surface area contributed by atoms with Gasteiger partial charge in [0.15, 0.2) is 0 Å². The molecule has 0 atom stereocenters. The molecule has 0 spiro atoms. The van der Waals surface area contributed by atoms with Crippen molar-refractivity contribution >= 4 is 20.0 Å². The molecule has 0 aromatic rings. The molecule has 0 bridgehead atoms. The minimum absolute atomic E-state index is 0.0330. The van der Waals surface area contributed by atoms with Crippen molar-refractivity contribution < 1.29 is 16.8 Å². The third-order valence-corrected chi connectivity index (χ3v) is 8.16. The van der Waals surface area contributed by atoms with Crippen LogP contribution in [0, 0.1) is 10.8 Å². The smallest absolute Gasteiger partial charge is 0.110 e. The van der Waals surface area contributed by atoms with Crippen molar-refractivity contribution in [3.63, 3.8) is 0 Å². The van der Waals surface area contributed by atoms with E-state index in [0.29, 0.717) is 12.8 Å². The molecule has 112 valence electrons. The summed E-state index contributed by atoms with van der Waals surface area (Å²) < 4.78 is 51.7. The summed E-state index contributed by atoms with van der Waals surface area (Å²) in [5.74, 6) is 0. The number of hydrogen-bond donors (Lipinski definition) is 0. The number of nitrogens with zero attached hydrogens (tertiary/aromatic N) is 1. The van der Waals surface area contributed by atoms with Crippen molar-refractivity contribution in [3.05, 3.63) is 13.9 Å². The van der Waals surface area contributed by atoms with E-state index in [1.807, 2.05) is 13.8 Å². The van der Waals surface area contributed by atoms with E-state index in [-0.39, 0.29) is 9.81 Å². The van der Waals surface area contributed by atoms with Crippen LogP contribution in [0.2, 0.25) is 0 Å². The van der Waals surface area contributed by atoms with Gasteiger partial charge in [-0.25, -0.2) is 16.8 Å². The van der Waals surface area contributed by atoms with Crippen LogP contribution in [0.15, 0.2) is 9.81 Å². The SMILES string of the molecule is CCC(C)(C)C1=C(C(C)(C)CC)S(=O)(=O)[N-]S1(=O)=O. The van der Waals surface area contributed by atoms with Gasteiger partial charge in [-0.3, -0.25) is 0 Å². The minimum Gasteiger partial charge on any atom is -0.428 e. The first-order valence-corrected chi connectivity index (χ1v) is 9.19. The molecule has 1 rings (SSSR count). The molecule has 1 aliphatic heterocycles. The molecule has 19 heavy (non-hydrogen) atoms. The van der Waals surface area contributed by atoms with Gasteiger partial charge >= 0.3 is 0 Å². The Kier molecular flexibility index (Phi) is 4.00. The molecule has 0 aromatic carbocycles. The maximum absolute atomic E-state index is 12.2. The standard InChI is InChI=1S/C12H22NO4S2/c1-7-11(3,4)9-10(12(5,6)8-2)19(16,17)13-18(9,14)15/h7-8H2,1-6H3/q-1. The van der Waals surface area contributed by atoms with Crippen LogP contribution >= 0.6 is 0 Å². The van der Waals surface area contributed by atoms with E-state index < -0.39 is 30.9 Å². The summed E-state index contributed by atoms with van der Waals surface area (Å²) in [5, 5.41) is 0. The van der Waals surface area contributed by atoms with E-state index >= 15 is 0 Å². The molecule has 0 amide bonds. The van der Waals surface area contributed by atoms with Crippen LogP contribution in [0.4, 0.5) is 0 Å². The molecule has 7 heteroatoms. The van der Waals surface area contributed by atoms with Crippen LogP contribution < -0.4 is 0 Å². The van der Waals surface area contributed by atoms with E-state index in [9.17, 15) is 16.8 Å². The highest BCUT2D eigenvalue weighted by atomic mass is 32.3. The third kappa shape index (κ3) is 2.73. The summed E-state index contributed by atoms with van der Waals surface area (Å²) in [5.41, 5.74) is -1.48. The third-order valence-electron chi connectivity index (χ3n) is 3.92. The fourth-order valence-electron chi connectivity index (χ4n) is 2.07. The maximum Gasteiger partial charge on any atom is 0.110 e. The van der Waals surface area contributed by atoms with Gasteiger partial charge in [-0.1, -0.05) is 41.5 Å². The second kappa shape index (κ2) is 4.56. The monoisotopic (exact) mass is 308 g/mol. The van der Waals surface area contributed by atoms with Gasteiger partial charge in [-0.05, 0) is 23.7 Å². The Morgan fingerprint density at radius 1 is 0.789 bits per heavy atom. The highest BCUT2D eigenvalue weighted by Crippen LogP contribution is 2.53. The molecular weight excluding hydrogens is 286 g/mol. The van der Waals surface area contributed by atoms with E-state index in [0.717, 1.165) is 0 Å². The first-order chi connectivity index (χ1) is 8.32. The van der Waals surface area contributed by atoms with Crippen molar-refractivity contribution in [2.75, 3.05) is 0 Å². The normalized spacial score (nSPS) is 22.8. The van der Waals surface area contributed by atoms with Gasteiger partial charge in [0.25, 0.3) is 0 Å². The van der Waals surface area contributed by atoms with Gasteiger partial charge in [0.2, 0.25) is 0 Å². The Hall–Kier alpha value is -0.400. The van der Waals surface area contributed by atoms with Crippen molar-refractivity contribution in [1.82, 2.24) is 0 Å². The average molecular weight is 308 g/mol. The fraction of sp³-hybridized carbons (Fsp3) is 0.833. The van der Waals surface area contributed by atoms with Crippen LogP contribution in [0.25, 0.3) is 4.13 Å². The Morgan fingerprint density at radius 3 is 1.26 bits per heavy atom. The van der Waals surface area contributed by atoms with Gasteiger partial charge in [0.05, 0.1) is 0 Å². The number of sulfonamides is 2. The highest BCUT2D eigenvalue weighted by molar-refractivity contribution is 8.18. The Labute approximate surface area is 116 Å². The van der Waals surface area contributed by atoms with Crippen molar-refractivity contribution in [3.8, 4) is 0 Å². The number of hydrogen-bond acceptors (Lipinski definition) is 4. The minimum atomic E-state index is -4.09. The molecule has 0 aliphatic carbocycles. The summed E-state index contributed by atoms with van der Waals surface area (Å²) in [4.78, 5) is -0.0660. The molecule has 0 radical (unpaired) electrons. The lowest BCUT2D eigenvalue weighted by atomic mass is 9.82. The van der Waals surface area contributed by atoms with E-state index in [1.54, 1.807) is 27.7 Å². The Balaban J connectivity index is 3.84. The second-order valence-electron chi connectivity index (χ2n) is 6.16. The highest BCUT2D eigenvalue weighted by Gasteiger charge is 2.44. The van der Waals surface area contributed by atoms with Crippen molar-refractivity contribution in [2.45, 2.75) is 54.4 Å². The molecule has 0 fully saturated rings. The summed E-state index contributed by atoms with van der Waals surface area (Å²) in [6.45, 7) is 10.6. The predicted octanol–water partition coefficient (Wildman–Crippen LogP) is 3.12. The van der Waals surface area contributed by atoms with Gasteiger partial charge in [-0.15, -0.1) is 0 Å². The van der Waals surface area contributed by atoms with Crippen LogP contribution in [-0.2, 0) is 20.0 Å². The zero-order chi connectivity index (χ0) is 15.3. The molecule has 0 N–H and O–H groups in total. The fourth-order valence-corrected chi connectivity index (χ4v) is 7.04. The van der Waals surface area contributed by atoms with Gasteiger partial charge in [0.1, 0.15) is 20.0 Å². The molecule has 1 aliphatic rings. The Bertz CT molecular complexity index is 556. The summed E-state index contributed by atoms with van der Waals surface area (Å²) in [7, 11) is -8.18. The van der Waals surface area contributed by atoms with Crippen LogP contribution in [-0.4, -0.2) is 16.8 Å². The van der Waals surface area contributed by atoms with Crippen LogP contribution in [0.3, 0.4) is 0 Å². The Morgan fingerprint density at radius 2 is 1.05 bits per heavy atom. The molecule has 5 nitrogen and oxygen atoms in total. The molecule has 0 saturated carbocycles.